The standard InChI is InChI=1S/C16H32.C15H32.C14H29N.C2H6.C2H4/c1-4-7-9-11-14-16(13-6-3)15-12-10-8-5-2;1-4-7-9-10-11-12-14-15(6-3)13-8-5-2;1-4-6-8-10-12-14-15(3)13-11-9-7-5-2;2*1-2/h6,16H,3-5,7-15H2,1-2H3;15H,4-14H2,1-3H3;4H,1,5-14H2,2-3H3;1-2H3;1-2H2. The van der Waals surface area contributed by atoms with E-state index in [4.69, 9.17) is 0 Å². The maximum absolute atomic E-state index is 3.89. The zero-order valence-electron chi connectivity index (χ0n) is 37.2. The summed E-state index contributed by atoms with van der Waals surface area (Å²) in [5.74, 6) is 1.95. The van der Waals surface area contributed by atoms with Crippen LogP contribution >= 0.6 is 0 Å². The molecule has 0 aromatic heterocycles. The van der Waals surface area contributed by atoms with Crippen LogP contribution < -0.4 is 0 Å². The summed E-state index contributed by atoms with van der Waals surface area (Å²) in [6.07, 6.45) is 46.0. The SMILES string of the molecule is C=C.C=CCC(CCCCCC)CCCCCC.C=CCCCCCN(C)CCCCCC.CC.CCCCCCCCC(CC)CCCC. The molecule has 304 valence electrons. The van der Waals surface area contributed by atoms with Gasteiger partial charge in [0, 0.05) is 0 Å². The van der Waals surface area contributed by atoms with Crippen LogP contribution in [-0.4, -0.2) is 25.0 Å². The first-order valence-corrected chi connectivity index (χ1v) is 22.9. The molecule has 0 aliphatic carbocycles. The van der Waals surface area contributed by atoms with Gasteiger partial charge in [-0.1, -0.05) is 228 Å². The first kappa shape index (κ1) is 58.5. The van der Waals surface area contributed by atoms with Gasteiger partial charge in [0.2, 0.25) is 0 Å². The maximum Gasteiger partial charge on any atom is -0.00218 e. The molecule has 0 bridgehead atoms. The highest BCUT2D eigenvalue weighted by atomic mass is 15.1. The summed E-state index contributed by atoms with van der Waals surface area (Å²) in [6.45, 7) is 34.0. The van der Waals surface area contributed by atoms with E-state index in [1.165, 1.54) is 206 Å². The van der Waals surface area contributed by atoms with Crippen molar-refractivity contribution in [1.82, 2.24) is 4.90 Å². The minimum Gasteiger partial charge on any atom is -0.306 e. The monoisotopic (exact) mass is 706 g/mol. The molecule has 0 saturated carbocycles. The summed E-state index contributed by atoms with van der Waals surface area (Å²) in [7, 11) is 2.25. The Kier molecular flexibility index (Phi) is 70.5. The largest absolute Gasteiger partial charge is 0.306 e. The first-order valence-electron chi connectivity index (χ1n) is 22.9. The lowest BCUT2D eigenvalue weighted by Crippen LogP contribution is -2.20. The Morgan fingerprint density at radius 2 is 0.760 bits per heavy atom. The lowest BCUT2D eigenvalue weighted by Gasteiger charge is -2.15. The minimum atomic E-state index is 0.922. The normalized spacial score (nSPS) is 10.9. The van der Waals surface area contributed by atoms with Crippen molar-refractivity contribution in [3.63, 3.8) is 0 Å². The molecule has 0 saturated heterocycles. The molecule has 1 atom stereocenters. The van der Waals surface area contributed by atoms with Crippen molar-refractivity contribution in [3.05, 3.63) is 38.5 Å². The number of hydrogen-bond donors (Lipinski definition) is 0. The predicted molar refractivity (Wildman–Crippen MR) is 240 cm³/mol. The molecule has 0 aromatic rings. The molecular weight excluding hydrogens is 603 g/mol. The van der Waals surface area contributed by atoms with Gasteiger partial charge in [0.25, 0.3) is 0 Å². The molecular formula is C49H103N. The Morgan fingerprint density at radius 3 is 1.16 bits per heavy atom. The van der Waals surface area contributed by atoms with E-state index in [9.17, 15) is 0 Å². The number of unbranched alkanes of at least 4 members (excludes halogenated alkanes) is 18. The molecule has 0 heterocycles. The lowest BCUT2D eigenvalue weighted by molar-refractivity contribution is 0.316. The highest BCUT2D eigenvalue weighted by molar-refractivity contribution is 4.73. The summed E-state index contributed by atoms with van der Waals surface area (Å²) >= 11 is 0. The topological polar surface area (TPSA) is 3.24 Å². The Balaban J connectivity index is -0.000000192. The zero-order valence-corrected chi connectivity index (χ0v) is 37.2. The molecule has 0 aromatic carbocycles. The molecule has 0 spiro atoms. The fourth-order valence-corrected chi connectivity index (χ4v) is 6.36. The molecule has 0 N–H and O–H groups in total. The van der Waals surface area contributed by atoms with E-state index in [1.807, 2.05) is 19.9 Å². The van der Waals surface area contributed by atoms with E-state index < -0.39 is 0 Å². The second kappa shape index (κ2) is 60.3. The molecule has 0 fully saturated rings. The Labute approximate surface area is 322 Å². The van der Waals surface area contributed by atoms with Crippen molar-refractivity contribution in [1.29, 1.82) is 0 Å². The minimum absolute atomic E-state index is 0.922. The fraction of sp³-hybridized carbons (Fsp3) is 0.878. The molecule has 1 unspecified atom stereocenters. The summed E-state index contributed by atoms with van der Waals surface area (Å²) in [4.78, 5) is 2.48. The van der Waals surface area contributed by atoms with Crippen LogP contribution in [0, 0.1) is 11.8 Å². The summed E-state index contributed by atoms with van der Waals surface area (Å²) in [6, 6.07) is 0. The second-order valence-corrected chi connectivity index (χ2v) is 14.6. The van der Waals surface area contributed by atoms with Crippen LogP contribution in [0.1, 0.15) is 248 Å². The third-order valence-corrected chi connectivity index (χ3v) is 9.78. The van der Waals surface area contributed by atoms with Crippen molar-refractivity contribution in [2.45, 2.75) is 248 Å². The maximum atomic E-state index is 3.89. The van der Waals surface area contributed by atoms with Gasteiger partial charge >= 0.3 is 0 Å². The van der Waals surface area contributed by atoms with Gasteiger partial charge in [0.1, 0.15) is 0 Å². The number of rotatable bonds is 34. The van der Waals surface area contributed by atoms with Gasteiger partial charge in [-0.25, -0.2) is 0 Å². The van der Waals surface area contributed by atoms with Crippen LogP contribution in [-0.2, 0) is 0 Å². The van der Waals surface area contributed by atoms with Gasteiger partial charge in [-0.15, -0.1) is 26.3 Å². The Morgan fingerprint density at radius 1 is 0.420 bits per heavy atom. The first-order chi connectivity index (χ1) is 24.5. The number of nitrogens with zero attached hydrogens (tertiary/aromatic N) is 1. The second-order valence-electron chi connectivity index (χ2n) is 14.6. The predicted octanol–water partition coefficient (Wildman–Crippen LogP) is 18.1. The van der Waals surface area contributed by atoms with Crippen LogP contribution in [0.5, 0.6) is 0 Å². The van der Waals surface area contributed by atoms with E-state index >= 15 is 0 Å². The average molecular weight is 706 g/mol. The molecule has 1 nitrogen and oxygen atoms in total. The fourth-order valence-electron chi connectivity index (χ4n) is 6.36. The van der Waals surface area contributed by atoms with Crippen LogP contribution in [0.4, 0.5) is 0 Å². The van der Waals surface area contributed by atoms with Gasteiger partial charge in [-0.05, 0) is 64.1 Å². The molecule has 0 aliphatic heterocycles. The van der Waals surface area contributed by atoms with Crippen LogP contribution in [0.25, 0.3) is 0 Å². The molecule has 0 rings (SSSR count). The number of allylic oxidation sites excluding steroid dienone is 2. The van der Waals surface area contributed by atoms with Gasteiger partial charge in [-0.3, -0.25) is 0 Å². The van der Waals surface area contributed by atoms with Gasteiger partial charge < -0.3 is 4.90 Å². The summed E-state index contributed by atoms with van der Waals surface area (Å²) < 4.78 is 0. The Bertz CT molecular complexity index is 527. The number of hydrogen-bond acceptors (Lipinski definition) is 1. The van der Waals surface area contributed by atoms with Crippen molar-refractivity contribution in [3.8, 4) is 0 Å². The van der Waals surface area contributed by atoms with Crippen molar-refractivity contribution < 1.29 is 0 Å². The van der Waals surface area contributed by atoms with Crippen molar-refractivity contribution in [2.75, 3.05) is 20.1 Å². The third-order valence-electron chi connectivity index (χ3n) is 9.78. The summed E-state index contributed by atoms with van der Waals surface area (Å²) in [5.41, 5.74) is 0. The van der Waals surface area contributed by atoms with E-state index in [0.29, 0.717) is 0 Å². The van der Waals surface area contributed by atoms with Gasteiger partial charge in [-0.2, -0.15) is 0 Å². The molecule has 0 amide bonds. The van der Waals surface area contributed by atoms with Crippen LogP contribution in [0.3, 0.4) is 0 Å². The highest BCUT2D eigenvalue weighted by Crippen LogP contribution is 2.22. The zero-order chi connectivity index (χ0) is 38.8. The van der Waals surface area contributed by atoms with Gasteiger partial charge in [0.05, 0.1) is 0 Å². The summed E-state index contributed by atoms with van der Waals surface area (Å²) in [5, 5.41) is 0. The molecule has 1 heteroatoms. The van der Waals surface area contributed by atoms with Crippen LogP contribution in [0.15, 0.2) is 38.5 Å². The van der Waals surface area contributed by atoms with E-state index in [1.54, 1.807) is 0 Å². The molecule has 50 heavy (non-hydrogen) atoms. The third kappa shape index (κ3) is 59.3. The van der Waals surface area contributed by atoms with E-state index in [0.717, 1.165) is 11.8 Å². The quantitative estimate of drug-likeness (QED) is 0.0476. The Hall–Kier alpha value is -0.820. The van der Waals surface area contributed by atoms with E-state index in [2.05, 4.69) is 85.9 Å². The van der Waals surface area contributed by atoms with Crippen LogP contribution in [0.2, 0.25) is 0 Å². The van der Waals surface area contributed by atoms with Crippen molar-refractivity contribution >= 4 is 0 Å². The smallest absolute Gasteiger partial charge is 0.00218 e. The van der Waals surface area contributed by atoms with Gasteiger partial charge in [0.15, 0.2) is 0 Å². The van der Waals surface area contributed by atoms with Crippen molar-refractivity contribution in [2.24, 2.45) is 11.8 Å². The lowest BCUT2D eigenvalue weighted by atomic mass is 9.92. The average Bonchev–Trinajstić information content (AvgIpc) is 3.15. The molecule has 0 aliphatic rings. The van der Waals surface area contributed by atoms with E-state index in [-0.39, 0.29) is 0 Å². The molecule has 0 radical (unpaired) electrons. The highest BCUT2D eigenvalue weighted by Gasteiger charge is 2.06.